The van der Waals surface area contributed by atoms with E-state index < -0.39 is 23.3 Å². The first-order valence-corrected chi connectivity index (χ1v) is 7.60. The molecule has 0 saturated heterocycles. The van der Waals surface area contributed by atoms with Gasteiger partial charge in [0.25, 0.3) is 0 Å². The Morgan fingerprint density at radius 2 is 1.65 bits per heavy atom. The van der Waals surface area contributed by atoms with Crippen LogP contribution in [0.4, 0.5) is 5.69 Å². The van der Waals surface area contributed by atoms with Crippen molar-refractivity contribution in [2.75, 3.05) is 18.5 Å². The van der Waals surface area contributed by atoms with Gasteiger partial charge in [-0.1, -0.05) is 0 Å². The van der Waals surface area contributed by atoms with E-state index in [1.165, 1.54) is 4.90 Å². The maximum atomic E-state index is 12.2. The Morgan fingerprint density at radius 3 is 2.09 bits per heavy atom. The molecule has 0 unspecified atom stereocenters. The first-order valence-electron chi connectivity index (χ1n) is 7.60. The zero-order valence-corrected chi connectivity index (χ0v) is 14.3. The van der Waals surface area contributed by atoms with Crippen molar-refractivity contribution in [3.63, 3.8) is 0 Å². The molecule has 6 nitrogen and oxygen atoms in total. The largest absolute Gasteiger partial charge is 0.462 e. The van der Waals surface area contributed by atoms with Crippen LogP contribution >= 0.6 is 0 Å². The van der Waals surface area contributed by atoms with Crippen molar-refractivity contribution in [3.05, 3.63) is 29.8 Å². The zero-order chi connectivity index (χ0) is 17.6. The summed E-state index contributed by atoms with van der Waals surface area (Å²) in [5.41, 5.74) is 0.402. The summed E-state index contributed by atoms with van der Waals surface area (Å²) in [6, 6.07) is 6.20. The van der Waals surface area contributed by atoms with Crippen molar-refractivity contribution in [2.24, 2.45) is 0 Å². The highest BCUT2D eigenvalue weighted by atomic mass is 16.5. The molecule has 0 saturated carbocycles. The molecule has 0 fully saturated rings. The lowest BCUT2D eigenvalue weighted by Gasteiger charge is -2.34. The Bertz CT molecular complexity index is 573. The number of nitrogens with zero attached hydrogens (tertiary/aromatic N) is 1. The van der Waals surface area contributed by atoms with E-state index in [4.69, 9.17) is 4.74 Å². The molecule has 1 aromatic carbocycles. The predicted molar refractivity (Wildman–Crippen MR) is 88.2 cm³/mol. The number of carbonyl (C=O) groups excluding carboxylic acids is 3. The Hall–Kier alpha value is -2.37. The molecule has 1 aromatic rings. The molecule has 0 aliphatic heterocycles. The fraction of sp³-hybridized carbons (Fsp3) is 0.471. The van der Waals surface area contributed by atoms with E-state index in [-0.39, 0.29) is 0 Å². The number of amides is 2. The Balaban J connectivity index is 2.78. The molecular formula is C17H24N2O4. The fourth-order valence-corrected chi connectivity index (χ4v) is 2.13. The molecule has 0 aliphatic carbocycles. The van der Waals surface area contributed by atoms with E-state index in [2.05, 4.69) is 5.32 Å². The normalized spacial score (nSPS) is 10.8. The second-order valence-electron chi connectivity index (χ2n) is 5.97. The third kappa shape index (κ3) is 5.09. The Morgan fingerprint density at radius 1 is 1.09 bits per heavy atom. The van der Waals surface area contributed by atoms with Crippen LogP contribution in [0.1, 0.15) is 45.0 Å². The average Bonchev–Trinajstić information content (AvgIpc) is 2.47. The summed E-state index contributed by atoms with van der Waals surface area (Å²) in [7, 11) is 0. The summed E-state index contributed by atoms with van der Waals surface area (Å²) in [6.07, 6.45) is 0. The first-order chi connectivity index (χ1) is 10.7. The van der Waals surface area contributed by atoms with Crippen LogP contribution in [0.25, 0.3) is 0 Å². The number of ether oxygens (including phenoxy) is 1. The third-order valence-electron chi connectivity index (χ3n) is 3.22. The molecule has 0 aliphatic rings. The van der Waals surface area contributed by atoms with Crippen LogP contribution in [-0.2, 0) is 14.3 Å². The van der Waals surface area contributed by atoms with Crippen molar-refractivity contribution < 1.29 is 19.1 Å². The number of hydrogen-bond acceptors (Lipinski definition) is 4. The van der Waals surface area contributed by atoms with Gasteiger partial charge in [-0.05, 0) is 58.9 Å². The van der Waals surface area contributed by atoms with Gasteiger partial charge in [-0.25, -0.2) is 4.79 Å². The minimum atomic E-state index is -0.703. The highest BCUT2D eigenvalue weighted by molar-refractivity contribution is 6.39. The smallest absolute Gasteiger partial charge is 0.338 e. The van der Waals surface area contributed by atoms with Gasteiger partial charge < -0.3 is 15.0 Å². The van der Waals surface area contributed by atoms with Gasteiger partial charge in [0.05, 0.1) is 12.2 Å². The topological polar surface area (TPSA) is 75.7 Å². The van der Waals surface area contributed by atoms with Gasteiger partial charge in [0.2, 0.25) is 0 Å². The second-order valence-corrected chi connectivity index (χ2v) is 5.97. The van der Waals surface area contributed by atoms with Crippen LogP contribution in [0.3, 0.4) is 0 Å². The molecule has 1 N–H and O–H groups in total. The summed E-state index contributed by atoms with van der Waals surface area (Å²) in [4.78, 5) is 37.4. The molecule has 0 heterocycles. The molecule has 0 spiro atoms. The molecule has 23 heavy (non-hydrogen) atoms. The lowest BCUT2D eigenvalue weighted by atomic mass is 10.1. The summed E-state index contributed by atoms with van der Waals surface area (Å²) >= 11 is 0. The van der Waals surface area contributed by atoms with Crippen molar-refractivity contribution in [2.45, 2.75) is 40.2 Å². The maximum absolute atomic E-state index is 12.2. The lowest BCUT2D eigenvalue weighted by Crippen LogP contribution is -2.49. The molecule has 0 atom stereocenters. The van der Waals surface area contributed by atoms with Gasteiger partial charge in [-0.2, -0.15) is 0 Å². The predicted octanol–water partition coefficient (Wildman–Crippen LogP) is 2.45. The third-order valence-corrected chi connectivity index (χ3v) is 3.22. The molecule has 0 radical (unpaired) electrons. The van der Waals surface area contributed by atoms with Gasteiger partial charge in [-0.3, -0.25) is 9.59 Å². The molecule has 0 aromatic heterocycles. The van der Waals surface area contributed by atoms with Crippen molar-refractivity contribution in [3.8, 4) is 0 Å². The molecule has 6 heteroatoms. The van der Waals surface area contributed by atoms with Crippen LogP contribution in [0.5, 0.6) is 0 Å². The van der Waals surface area contributed by atoms with Gasteiger partial charge in [0.15, 0.2) is 0 Å². The summed E-state index contributed by atoms with van der Waals surface area (Å²) in [5.74, 6) is -1.72. The number of esters is 1. The highest BCUT2D eigenvalue weighted by Crippen LogP contribution is 2.15. The molecule has 126 valence electrons. The van der Waals surface area contributed by atoms with Gasteiger partial charge in [-0.15, -0.1) is 0 Å². The van der Waals surface area contributed by atoms with E-state index in [1.54, 1.807) is 31.2 Å². The molecule has 2 amide bonds. The first kappa shape index (κ1) is 18.7. The van der Waals surface area contributed by atoms with Crippen molar-refractivity contribution in [1.29, 1.82) is 0 Å². The summed E-state index contributed by atoms with van der Waals surface area (Å²) in [5, 5.41) is 2.54. The van der Waals surface area contributed by atoms with Crippen LogP contribution in [-0.4, -0.2) is 41.4 Å². The quantitative estimate of drug-likeness (QED) is 0.683. The van der Waals surface area contributed by atoms with E-state index in [9.17, 15) is 14.4 Å². The van der Waals surface area contributed by atoms with Gasteiger partial charge >= 0.3 is 17.8 Å². The molecular weight excluding hydrogens is 296 g/mol. The number of rotatable bonds is 4. The minimum Gasteiger partial charge on any atom is -0.462 e. The van der Waals surface area contributed by atoms with E-state index in [0.717, 1.165) is 0 Å². The summed E-state index contributed by atoms with van der Waals surface area (Å²) < 4.78 is 4.88. The molecule has 0 bridgehead atoms. The van der Waals surface area contributed by atoms with E-state index in [1.807, 2.05) is 27.7 Å². The summed E-state index contributed by atoms with van der Waals surface area (Å²) in [6.45, 7) is 9.90. The van der Waals surface area contributed by atoms with Crippen LogP contribution in [0.15, 0.2) is 24.3 Å². The standard InChI is InChI=1S/C17H24N2O4/c1-6-19(17(3,4)5)15(21)14(20)18-13-10-8-12(9-11-13)16(22)23-7-2/h8-11H,6-7H2,1-5H3,(H,18,20). The fourth-order valence-electron chi connectivity index (χ4n) is 2.13. The van der Waals surface area contributed by atoms with Crippen molar-refractivity contribution >= 4 is 23.5 Å². The Labute approximate surface area is 136 Å². The lowest BCUT2D eigenvalue weighted by molar-refractivity contribution is -0.146. The second kappa shape index (κ2) is 7.76. The van der Waals surface area contributed by atoms with E-state index in [0.29, 0.717) is 24.4 Å². The average molecular weight is 320 g/mol. The maximum Gasteiger partial charge on any atom is 0.338 e. The number of carbonyl (C=O) groups is 3. The number of anilines is 1. The van der Waals surface area contributed by atoms with Gasteiger partial charge in [0.1, 0.15) is 0 Å². The number of likely N-dealkylation sites (N-methyl/N-ethyl adjacent to an activating group) is 1. The number of hydrogen-bond donors (Lipinski definition) is 1. The minimum absolute atomic E-state index is 0.297. The number of benzene rings is 1. The monoisotopic (exact) mass is 320 g/mol. The zero-order valence-electron chi connectivity index (χ0n) is 14.3. The molecule has 1 rings (SSSR count). The van der Waals surface area contributed by atoms with Crippen LogP contribution < -0.4 is 5.32 Å². The van der Waals surface area contributed by atoms with E-state index >= 15 is 0 Å². The number of nitrogens with one attached hydrogen (secondary N) is 1. The highest BCUT2D eigenvalue weighted by Gasteiger charge is 2.29. The van der Waals surface area contributed by atoms with Crippen molar-refractivity contribution in [1.82, 2.24) is 4.90 Å². The SMILES string of the molecule is CCOC(=O)c1ccc(NC(=O)C(=O)N(CC)C(C)(C)C)cc1. The van der Waals surface area contributed by atoms with Crippen LogP contribution in [0, 0.1) is 0 Å². The van der Waals surface area contributed by atoms with Gasteiger partial charge in [0, 0.05) is 17.8 Å². The van der Waals surface area contributed by atoms with Crippen LogP contribution in [0.2, 0.25) is 0 Å². The Kier molecular flexibility index (Phi) is 6.30.